The van der Waals surface area contributed by atoms with Gasteiger partial charge in [-0.3, -0.25) is 4.48 Å². The molecule has 20 heavy (non-hydrogen) atoms. The molecule has 0 N–H and O–H groups in total. The summed E-state index contributed by atoms with van der Waals surface area (Å²) >= 11 is 0. The largest absolute Gasteiger partial charge is 0.544 e. The van der Waals surface area contributed by atoms with E-state index in [4.69, 9.17) is 0 Å². The average molecular weight is 267 g/mol. The number of aliphatic carboxylic acids is 1. The molecule has 3 nitrogen and oxygen atoms in total. The van der Waals surface area contributed by atoms with Gasteiger partial charge in [-0.2, -0.15) is 0 Å². The van der Waals surface area contributed by atoms with E-state index in [2.05, 4.69) is 18.2 Å². The maximum Gasteiger partial charge on any atom is 0.136 e. The molecule has 0 fully saturated rings. The number of likely N-dealkylation sites (N-methyl/N-ethyl adjacent to an activating group) is 1. The molecule has 0 amide bonds. The molecular weight excluding hydrogens is 250 g/mol. The van der Waals surface area contributed by atoms with Crippen LogP contribution in [-0.2, 0) is 11.2 Å². The van der Waals surface area contributed by atoms with Gasteiger partial charge in [0.05, 0.1) is 20.1 Å². The van der Waals surface area contributed by atoms with Crippen LogP contribution in [0.1, 0.15) is 11.1 Å². The first-order valence-electron chi connectivity index (χ1n) is 6.72. The number of quaternary nitrogens is 1. The Morgan fingerprint density at radius 2 is 1.80 bits per heavy atom. The molecule has 0 saturated heterocycles. The number of benzene rings is 2. The summed E-state index contributed by atoms with van der Waals surface area (Å²) in [5.41, 5.74) is 6.09. The van der Waals surface area contributed by atoms with Gasteiger partial charge in [0.1, 0.15) is 12.2 Å². The van der Waals surface area contributed by atoms with E-state index < -0.39 is 5.97 Å². The van der Waals surface area contributed by atoms with E-state index in [1.807, 2.05) is 38.4 Å². The Morgan fingerprint density at radius 1 is 1.10 bits per heavy atom. The fourth-order valence-corrected chi connectivity index (χ4v) is 3.12. The van der Waals surface area contributed by atoms with Crippen molar-refractivity contribution in [3.05, 3.63) is 53.6 Å². The second-order valence-corrected chi connectivity index (χ2v) is 5.85. The van der Waals surface area contributed by atoms with Crippen LogP contribution in [0.5, 0.6) is 0 Å². The van der Waals surface area contributed by atoms with Gasteiger partial charge in [-0.25, -0.2) is 0 Å². The Balaban J connectivity index is 2.12. The first kappa shape index (κ1) is 12.9. The number of carbonyl (C=O) groups excluding carboxylic acids is 1. The van der Waals surface area contributed by atoms with Crippen LogP contribution in [0.15, 0.2) is 42.5 Å². The Bertz CT molecular complexity index is 689. The van der Waals surface area contributed by atoms with Crippen molar-refractivity contribution in [2.24, 2.45) is 0 Å². The van der Waals surface area contributed by atoms with E-state index in [-0.39, 0.29) is 6.54 Å². The molecule has 1 aliphatic carbocycles. The Kier molecular flexibility index (Phi) is 2.87. The minimum atomic E-state index is -1.02. The van der Waals surface area contributed by atoms with Crippen LogP contribution >= 0.6 is 0 Å². The summed E-state index contributed by atoms with van der Waals surface area (Å²) in [5, 5.41) is 11.0. The number of fused-ring (bicyclic) bond motifs is 3. The van der Waals surface area contributed by atoms with Gasteiger partial charge in [-0.05, 0) is 22.8 Å². The number of carboxylic acids is 1. The van der Waals surface area contributed by atoms with Gasteiger partial charge in [-0.1, -0.05) is 36.4 Å². The minimum Gasteiger partial charge on any atom is -0.544 e. The van der Waals surface area contributed by atoms with E-state index in [0.29, 0.717) is 4.48 Å². The second-order valence-electron chi connectivity index (χ2n) is 5.85. The monoisotopic (exact) mass is 267 g/mol. The molecule has 1 aliphatic rings. The quantitative estimate of drug-likeness (QED) is 0.676. The highest BCUT2D eigenvalue weighted by molar-refractivity contribution is 5.82. The van der Waals surface area contributed by atoms with Crippen molar-refractivity contribution in [3.8, 4) is 11.1 Å². The lowest BCUT2D eigenvalue weighted by Crippen LogP contribution is -2.49. The van der Waals surface area contributed by atoms with E-state index in [0.717, 1.165) is 12.1 Å². The fourth-order valence-electron chi connectivity index (χ4n) is 3.12. The number of hydrogen-bond acceptors (Lipinski definition) is 2. The normalized spacial score (nSPS) is 12.9. The van der Waals surface area contributed by atoms with E-state index in [1.54, 1.807) is 0 Å². The summed E-state index contributed by atoms with van der Waals surface area (Å²) in [5.74, 6) is -1.02. The van der Waals surface area contributed by atoms with Gasteiger partial charge in [0.25, 0.3) is 0 Å². The van der Waals surface area contributed by atoms with Crippen molar-refractivity contribution >= 4 is 11.7 Å². The summed E-state index contributed by atoms with van der Waals surface area (Å²) in [6.45, 7) is -0.0210. The third-order valence-electron chi connectivity index (χ3n) is 4.00. The van der Waals surface area contributed by atoms with Gasteiger partial charge in [0.2, 0.25) is 0 Å². The average Bonchev–Trinajstić information content (AvgIpc) is 2.75. The summed E-state index contributed by atoms with van der Waals surface area (Å²) in [4.78, 5) is 11.0. The van der Waals surface area contributed by atoms with Gasteiger partial charge >= 0.3 is 0 Å². The number of hydrogen-bond donors (Lipinski definition) is 0. The number of carbonyl (C=O) groups is 1. The van der Waals surface area contributed by atoms with Crippen LogP contribution in [-0.4, -0.2) is 26.6 Å². The third kappa shape index (κ3) is 2.00. The zero-order valence-electron chi connectivity index (χ0n) is 11.7. The first-order valence-corrected chi connectivity index (χ1v) is 6.72. The molecule has 3 heteroatoms. The zero-order valence-corrected chi connectivity index (χ0v) is 11.7. The number of carboxylic acid groups (broad SMARTS) is 1. The van der Waals surface area contributed by atoms with Crippen molar-refractivity contribution in [1.29, 1.82) is 0 Å². The fraction of sp³-hybridized carbons (Fsp3) is 0.235. The highest BCUT2D eigenvalue weighted by Gasteiger charge is 2.29. The molecule has 0 unspecified atom stereocenters. The van der Waals surface area contributed by atoms with Crippen molar-refractivity contribution in [1.82, 2.24) is 4.48 Å². The van der Waals surface area contributed by atoms with Crippen LogP contribution in [0, 0.1) is 0 Å². The van der Waals surface area contributed by atoms with Crippen LogP contribution in [0.3, 0.4) is 0 Å². The third-order valence-corrected chi connectivity index (χ3v) is 4.00. The smallest absolute Gasteiger partial charge is 0.136 e. The van der Waals surface area contributed by atoms with Crippen molar-refractivity contribution < 1.29 is 9.90 Å². The minimum absolute atomic E-state index is 0.0210. The van der Waals surface area contributed by atoms with E-state index >= 15 is 0 Å². The predicted octanol–water partition coefficient (Wildman–Crippen LogP) is 1.57. The number of rotatable bonds is 3. The summed E-state index contributed by atoms with van der Waals surface area (Å²) in [6, 6.07) is 14.5. The first-order chi connectivity index (χ1) is 9.49. The molecule has 2 aromatic rings. The molecule has 2 aromatic carbocycles. The van der Waals surface area contributed by atoms with Crippen molar-refractivity contribution in [3.63, 3.8) is 0 Å². The van der Waals surface area contributed by atoms with Crippen LogP contribution < -0.4 is 9.59 Å². The summed E-state index contributed by atoms with van der Waals surface area (Å²) < 4.78 is 0.305. The molecule has 0 bridgehead atoms. The molecule has 0 heterocycles. The Hall–Kier alpha value is -2.13. The van der Waals surface area contributed by atoms with Crippen molar-refractivity contribution in [2.45, 2.75) is 6.42 Å². The second kappa shape index (κ2) is 4.46. The lowest BCUT2D eigenvalue weighted by molar-refractivity contribution is -0.305. The molecule has 0 aromatic heterocycles. The molecule has 0 radical (unpaired) electrons. The van der Waals surface area contributed by atoms with Crippen LogP contribution in [0.4, 0.5) is 5.69 Å². The molecule has 0 spiro atoms. The lowest BCUT2D eigenvalue weighted by Gasteiger charge is -2.31. The highest BCUT2D eigenvalue weighted by atomic mass is 16.4. The standard InChI is InChI=1S/C17H17NO2/c1-18(2,11-17(19)20)16-9-5-8-14-13-7-4-3-6-12(13)10-15(14)16/h3-9H,10-11H2,1-2H3. The predicted molar refractivity (Wildman–Crippen MR) is 78.2 cm³/mol. The maximum atomic E-state index is 11.0. The highest BCUT2D eigenvalue weighted by Crippen LogP contribution is 2.42. The van der Waals surface area contributed by atoms with Gasteiger partial charge < -0.3 is 9.90 Å². The van der Waals surface area contributed by atoms with Gasteiger partial charge in [0.15, 0.2) is 0 Å². The van der Waals surface area contributed by atoms with Gasteiger partial charge in [0, 0.05) is 12.0 Å². The molecular formula is C17H17NO2. The van der Waals surface area contributed by atoms with Crippen molar-refractivity contribution in [2.75, 3.05) is 20.6 Å². The van der Waals surface area contributed by atoms with Crippen LogP contribution in [0.25, 0.3) is 11.1 Å². The van der Waals surface area contributed by atoms with E-state index in [1.165, 1.54) is 22.3 Å². The van der Waals surface area contributed by atoms with E-state index in [9.17, 15) is 9.90 Å². The lowest BCUT2D eigenvalue weighted by atomic mass is 10.0. The molecule has 0 aliphatic heterocycles. The topological polar surface area (TPSA) is 40.1 Å². The molecule has 0 atom stereocenters. The number of nitrogens with zero attached hydrogens (tertiary/aromatic N) is 1. The summed E-state index contributed by atoms with van der Waals surface area (Å²) in [6.07, 6.45) is 0.871. The summed E-state index contributed by atoms with van der Waals surface area (Å²) in [7, 11) is 3.82. The molecule has 102 valence electrons. The SMILES string of the molecule is C[N+](C)(CC(=O)[O-])c1cccc2c1Cc1ccccc1-2. The maximum absolute atomic E-state index is 11.0. The zero-order chi connectivity index (χ0) is 14.3. The van der Waals surface area contributed by atoms with Gasteiger partial charge in [-0.15, -0.1) is 0 Å². The Morgan fingerprint density at radius 3 is 2.55 bits per heavy atom. The molecule has 3 rings (SSSR count). The Labute approximate surface area is 118 Å². The van der Waals surface area contributed by atoms with Crippen LogP contribution in [0.2, 0.25) is 0 Å². The molecule has 0 saturated carbocycles.